The van der Waals surface area contributed by atoms with Crippen molar-refractivity contribution >= 4 is 11.9 Å². The molecule has 152 valence electrons. The Labute approximate surface area is 161 Å². The molecule has 0 bridgehead atoms. The second kappa shape index (κ2) is 11.0. The van der Waals surface area contributed by atoms with E-state index in [0.717, 1.165) is 0 Å². The fraction of sp³-hybridized carbons (Fsp3) is 0.650. The maximum Gasteiger partial charge on any atom is 0.317 e. The number of nitrogens with zero attached hydrogens (tertiary/aromatic N) is 1. The monoisotopic (exact) mass is 381 g/mol. The van der Waals surface area contributed by atoms with Gasteiger partial charge in [-0.05, 0) is 45.7 Å². The molecule has 7 nitrogen and oxygen atoms in total. The minimum atomic E-state index is -0.842. The summed E-state index contributed by atoms with van der Waals surface area (Å²) in [5.41, 5.74) is -1.67. The Kier molecular flexibility index (Phi) is 9.38. The van der Waals surface area contributed by atoms with Gasteiger partial charge in [0.15, 0.2) is 0 Å². The van der Waals surface area contributed by atoms with E-state index in [1.54, 1.807) is 46.2 Å². The van der Waals surface area contributed by atoms with E-state index in [4.69, 9.17) is 18.9 Å². The fourth-order valence-corrected chi connectivity index (χ4v) is 2.66. The zero-order chi connectivity index (χ0) is 20.3. The van der Waals surface area contributed by atoms with Crippen LogP contribution in [-0.4, -0.2) is 50.5 Å². The Balaban J connectivity index is 2.61. The predicted octanol–water partition coefficient (Wildman–Crippen LogP) is 3.03. The van der Waals surface area contributed by atoms with Gasteiger partial charge in [0.05, 0.1) is 36.8 Å². The molecule has 0 aliphatic carbocycles. The molecule has 0 aliphatic heterocycles. The van der Waals surface area contributed by atoms with Gasteiger partial charge in [-0.15, -0.1) is 0 Å². The number of carbonyl (C=O) groups is 2. The molecule has 1 heterocycles. The molecule has 7 heteroatoms. The zero-order valence-electron chi connectivity index (χ0n) is 16.9. The topological polar surface area (TPSA) is 84.0 Å². The Morgan fingerprint density at radius 2 is 1.78 bits per heavy atom. The lowest BCUT2D eigenvalue weighted by Gasteiger charge is -2.33. The second-order valence-electron chi connectivity index (χ2n) is 7.29. The molecule has 27 heavy (non-hydrogen) atoms. The third-order valence-corrected chi connectivity index (χ3v) is 4.40. The van der Waals surface area contributed by atoms with Crippen LogP contribution in [0.2, 0.25) is 0 Å². The van der Waals surface area contributed by atoms with E-state index in [0.29, 0.717) is 38.4 Å². The highest BCUT2D eigenvalue weighted by Gasteiger charge is 2.43. The van der Waals surface area contributed by atoms with Crippen LogP contribution in [-0.2, 0) is 23.8 Å². The Bertz CT molecular complexity index is 589. The van der Waals surface area contributed by atoms with Gasteiger partial charge in [-0.25, -0.2) is 0 Å². The minimum absolute atomic E-state index is 0.162. The van der Waals surface area contributed by atoms with E-state index in [9.17, 15) is 9.59 Å². The molecule has 1 unspecified atom stereocenters. The highest BCUT2D eigenvalue weighted by molar-refractivity contribution is 5.81. The van der Waals surface area contributed by atoms with Crippen molar-refractivity contribution < 1.29 is 28.5 Å². The van der Waals surface area contributed by atoms with Crippen molar-refractivity contribution in [3.05, 3.63) is 24.5 Å². The second-order valence-corrected chi connectivity index (χ2v) is 7.29. The molecular weight excluding hydrogens is 350 g/mol. The van der Waals surface area contributed by atoms with Crippen LogP contribution in [0.5, 0.6) is 5.75 Å². The lowest BCUT2D eigenvalue weighted by atomic mass is 9.72. The number of carbonyl (C=O) groups excluding carboxylic acids is 2. The van der Waals surface area contributed by atoms with Gasteiger partial charge in [0.1, 0.15) is 12.4 Å². The molecule has 0 spiro atoms. The van der Waals surface area contributed by atoms with Gasteiger partial charge in [-0.1, -0.05) is 6.92 Å². The molecule has 0 amide bonds. The van der Waals surface area contributed by atoms with E-state index < -0.39 is 10.8 Å². The summed E-state index contributed by atoms with van der Waals surface area (Å²) in [6, 6.07) is 3.37. The van der Waals surface area contributed by atoms with E-state index in [-0.39, 0.29) is 18.5 Å². The first kappa shape index (κ1) is 23.0. The molecule has 0 radical (unpaired) electrons. The summed E-state index contributed by atoms with van der Waals surface area (Å²) < 4.78 is 20.9. The Morgan fingerprint density at radius 3 is 2.37 bits per heavy atom. The molecule has 0 aromatic carbocycles. The lowest BCUT2D eigenvalue weighted by molar-refractivity contribution is -0.160. The Hall–Kier alpha value is -1.99. The summed E-state index contributed by atoms with van der Waals surface area (Å²) in [4.78, 5) is 29.1. The average Bonchev–Trinajstić information content (AvgIpc) is 2.64. The zero-order valence-corrected chi connectivity index (χ0v) is 16.9. The molecule has 0 saturated carbocycles. The maximum atomic E-state index is 12.7. The van der Waals surface area contributed by atoms with Crippen LogP contribution in [0.3, 0.4) is 0 Å². The number of esters is 2. The first-order valence-electron chi connectivity index (χ1n) is 9.11. The van der Waals surface area contributed by atoms with Crippen molar-refractivity contribution in [2.24, 2.45) is 10.8 Å². The maximum absolute atomic E-state index is 12.7. The standard InChI is InChI=1S/C20H31NO6/c1-6-20(4,18(23)27-16-8-7-9-21-14-16)15-19(2,3)17(22)26-13-12-25-11-10-24-5/h7-9,14H,6,10-13,15H2,1-5H3. The van der Waals surface area contributed by atoms with E-state index in [1.807, 2.05) is 6.92 Å². The van der Waals surface area contributed by atoms with Crippen molar-refractivity contribution in [3.63, 3.8) is 0 Å². The molecule has 0 aliphatic rings. The molecule has 0 fully saturated rings. The first-order chi connectivity index (χ1) is 12.7. The fourth-order valence-electron chi connectivity index (χ4n) is 2.66. The summed E-state index contributed by atoms with van der Waals surface area (Å²) in [5.74, 6) is -0.371. The summed E-state index contributed by atoms with van der Waals surface area (Å²) in [5, 5.41) is 0. The molecule has 0 N–H and O–H groups in total. The largest absolute Gasteiger partial charge is 0.463 e. The van der Waals surface area contributed by atoms with Crippen LogP contribution in [0.4, 0.5) is 0 Å². The van der Waals surface area contributed by atoms with E-state index >= 15 is 0 Å². The van der Waals surface area contributed by atoms with Crippen molar-refractivity contribution in [2.45, 2.75) is 40.5 Å². The summed E-state index contributed by atoms with van der Waals surface area (Å²) in [7, 11) is 1.59. The van der Waals surface area contributed by atoms with Crippen molar-refractivity contribution in [1.29, 1.82) is 0 Å². The van der Waals surface area contributed by atoms with Gasteiger partial charge in [-0.2, -0.15) is 0 Å². The molecule has 1 aromatic heterocycles. The van der Waals surface area contributed by atoms with Gasteiger partial charge in [0.25, 0.3) is 0 Å². The molecule has 1 atom stereocenters. The SMILES string of the molecule is CCC(C)(CC(C)(C)C(=O)OCCOCCOC)C(=O)Oc1cccnc1. The van der Waals surface area contributed by atoms with Crippen molar-refractivity contribution in [2.75, 3.05) is 33.5 Å². The van der Waals surface area contributed by atoms with Gasteiger partial charge in [-0.3, -0.25) is 14.6 Å². The van der Waals surface area contributed by atoms with Crippen LogP contribution < -0.4 is 4.74 Å². The summed E-state index contributed by atoms with van der Waals surface area (Å²) >= 11 is 0. The molecule has 1 rings (SSSR count). The van der Waals surface area contributed by atoms with Crippen LogP contribution in [0.1, 0.15) is 40.5 Å². The highest BCUT2D eigenvalue weighted by atomic mass is 16.6. The van der Waals surface area contributed by atoms with E-state index in [1.165, 1.54) is 6.20 Å². The minimum Gasteiger partial charge on any atom is -0.463 e. The number of aromatic nitrogens is 1. The summed E-state index contributed by atoms with van der Waals surface area (Å²) in [6.45, 7) is 8.65. The van der Waals surface area contributed by atoms with Gasteiger partial charge in [0.2, 0.25) is 0 Å². The number of hydrogen-bond acceptors (Lipinski definition) is 7. The van der Waals surface area contributed by atoms with Crippen LogP contribution in [0.15, 0.2) is 24.5 Å². The van der Waals surface area contributed by atoms with Gasteiger partial charge < -0.3 is 18.9 Å². The first-order valence-corrected chi connectivity index (χ1v) is 9.11. The normalized spacial score (nSPS) is 13.7. The average molecular weight is 381 g/mol. The van der Waals surface area contributed by atoms with Gasteiger partial charge in [0, 0.05) is 13.3 Å². The summed E-state index contributed by atoms with van der Waals surface area (Å²) in [6.07, 6.45) is 3.92. The number of hydrogen-bond donors (Lipinski definition) is 0. The van der Waals surface area contributed by atoms with Crippen molar-refractivity contribution in [1.82, 2.24) is 4.98 Å². The Morgan fingerprint density at radius 1 is 1.07 bits per heavy atom. The number of ether oxygens (including phenoxy) is 4. The smallest absolute Gasteiger partial charge is 0.317 e. The number of pyridine rings is 1. The quantitative estimate of drug-likeness (QED) is 0.406. The predicted molar refractivity (Wildman–Crippen MR) is 100 cm³/mol. The third-order valence-electron chi connectivity index (χ3n) is 4.40. The molecular formula is C20H31NO6. The van der Waals surface area contributed by atoms with E-state index in [2.05, 4.69) is 4.98 Å². The highest BCUT2D eigenvalue weighted by Crippen LogP contribution is 2.38. The lowest BCUT2D eigenvalue weighted by Crippen LogP contribution is -2.40. The number of methoxy groups -OCH3 is 1. The van der Waals surface area contributed by atoms with Crippen molar-refractivity contribution in [3.8, 4) is 5.75 Å². The number of rotatable bonds is 12. The third kappa shape index (κ3) is 7.64. The molecule has 0 saturated heterocycles. The van der Waals surface area contributed by atoms with Crippen LogP contribution >= 0.6 is 0 Å². The van der Waals surface area contributed by atoms with Crippen LogP contribution in [0, 0.1) is 10.8 Å². The van der Waals surface area contributed by atoms with Crippen LogP contribution in [0.25, 0.3) is 0 Å². The molecule has 1 aromatic rings. The van der Waals surface area contributed by atoms with Gasteiger partial charge >= 0.3 is 11.9 Å².